The first kappa shape index (κ1) is 29.9. The lowest BCUT2D eigenvalue weighted by Crippen LogP contribution is -2.39. The number of benzene rings is 2. The molecule has 2 aromatic carbocycles. The summed E-state index contributed by atoms with van der Waals surface area (Å²) in [5.74, 6) is -1.00. The van der Waals surface area contributed by atoms with Crippen LogP contribution in [0.3, 0.4) is 0 Å². The van der Waals surface area contributed by atoms with Crippen LogP contribution in [0.25, 0.3) is 0 Å². The molecular weight excluding hydrogens is 518 g/mol. The zero-order valence-corrected chi connectivity index (χ0v) is 22.9. The molecule has 1 heterocycles. The molecule has 0 radical (unpaired) electrons. The highest BCUT2D eigenvalue weighted by molar-refractivity contribution is 5.99. The van der Waals surface area contributed by atoms with Gasteiger partial charge in [0.15, 0.2) is 29.1 Å². The summed E-state index contributed by atoms with van der Waals surface area (Å²) in [5, 5.41) is 0. The van der Waals surface area contributed by atoms with E-state index in [1.807, 2.05) is 36.4 Å². The van der Waals surface area contributed by atoms with Gasteiger partial charge in [-0.1, -0.05) is 43.3 Å². The molecular formula is C30H33NO9. The van der Waals surface area contributed by atoms with Crippen LogP contribution in [0, 0.1) is 5.92 Å². The van der Waals surface area contributed by atoms with Gasteiger partial charge in [0.2, 0.25) is 6.79 Å². The van der Waals surface area contributed by atoms with Crippen molar-refractivity contribution in [3.8, 4) is 23.0 Å². The summed E-state index contributed by atoms with van der Waals surface area (Å²) in [4.78, 5) is 41.5. The molecule has 1 aromatic heterocycles. The van der Waals surface area contributed by atoms with Crippen molar-refractivity contribution in [2.75, 3.05) is 20.5 Å². The van der Waals surface area contributed by atoms with Crippen molar-refractivity contribution in [2.24, 2.45) is 5.92 Å². The van der Waals surface area contributed by atoms with Gasteiger partial charge in [-0.25, -0.2) is 4.98 Å². The second kappa shape index (κ2) is 15.1. The maximum Gasteiger partial charge on any atom is 0.309 e. The Balaban J connectivity index is 1.69. The predicted molar refractivity (Wildman–Crippen MR) is 145 cm³/mol. The number of para-hydroxylation sites is 2. The number of ketones is 1. The lowest BCUT2D eigenvalue weighted by Gasteiger charge is -2.26. The van der Waals surface area contributed by atoms with Crippen LogP contribution < -0.4 is 18.9 Å². The van der Waals surface area contributed by atoms with Gasteiger partial charge in [-0.15, -0.1) is 0 Å². The number of methoxy groups -OCH3 is 1. The van der Waals surface area contributed by atoms with Crippen LogP contribution in [0.15, 0.2) is 72.9 Å². The van der Waals surface area contributed by atoms with Gasteiger partial charge in [0.1, 0.15) is 24.2 Å². The van der Waals surface area contributed by atoms with Gasteiger partial charge >= 0.3 is 11.9 Å². The number of Topliss-reactive ketones (excluding diaryl/α,β-unsaturated/α-hetero) is 1. The molecule has 40 heavy (non-hydrogen) atoms. The molecule has 0 spiro atoms. The Labute approximate surface area is 233 Å². The molecule has 0 amide bonds. The Morgan fingerprint density at radius 2 is 1.52 bits per heavy atom. The van der Waals surface area contributed by atoms with E-state index >= 15 is 0 Å². The second-order valence-corrected chi connectivity index (χ2v) is 8.85. The first-order chi connectivity index (χ1) is 19.3. The number of hydrogen-bond donors (Lipinski definition) is 0. The van der Waals surface area contributed by atoms with Gasteiger partial charge in [0.05, 0.1) is 13.0 Å². The fourth-order valence-electron chi connectivity index (χ4n) is 3.57. The third-order valence-electron chi connectivity index (χ3n) is 5.73. The number of ether oxygens (including phenoxy) is 6. The van der Waals surface area contributed by atoms with Crippen LogP contribution in [-0.2, 0) is 19.1 Å². The highest BCUT2D eigenvalue weighted by Gasteiger charge is 2.30. The Morgan fingerprint density at radius 1 is 0.875 bits per heavy atom. The minimum Gasteiger partial charge on any atom is -0.493 e. The average Bonchev–Trinajstić information content (AvgIpc) is 2.95. The number of carbonyl (C=O) groups excluding carboxylic acids is 3. The van der Waals surface area contributed by atoms with Gasteiger partial charge in [0.25, 0.3) is 0 Å². The van der Waals surface area contributed by atoms with Crippen molar-refractivity contribution in [3.63, 3.8) is 0 Å². The molecule has 3 atom stereocenters. The lowest BCUT2D eigenvalue weighted by atomic mass is 10.0. The number of pyridine rings is 1. The van der Waals surface area contributed by atoms with Crippen LogP contribution in [0.5, 0.6) is 23.0 Å². The van der Waals surface area contributed by atoms with E-state index in [2.05, 4.69) is 4.98 Å². The average molecular weight is 552 g/mol. The largest absolute Gasteiger partial charge is 0.493 e. The fourth-order valence-corrected chi connectivity index (χ4v) is 3.57. The maximum atomic E-state index is 13.2. The minimum absolute atomic E-state index is 0.0100. The quantitative estimate of drug-likeness (QED) is 0.150. The molecule has 3 aromatic rings. The highest BCUT2D eigenvalue weighted by Crippen LogP contribution is 2.31. The monoisotopic (exact) mass is 551 g/mol. The van der Waals surface area contributed by atoms with Crippen molar-refractivity contribution in [1.29, 1.82) is 0 Å². The Morgan fingerprint density at radius 3 is 2.15 bits per heavy atom. The molecule has 0 aliphatic rings. The Kier molecular flexibility index (Phi) is 11.3. The van der Waals surface area contributed by atoms with Gasteiger partial charge in [-0.2, -0.15) is 0 Å². The van der Waals surface area contributed by atoms with E-state index in [9.17, 15) is 14.4 Å². The SMILES string of the molecule is COc1ccnc(C(=O)C[C@@H](C)C(=O)O[C@H](COc2ccccc2)[C@H](C)Oc2ccccc2)c1OCOC(C)=O. The van der Waals surface area contributed by atoms with E-state index in [0.717, 1.165) is 0 Å². The molecule has 0 bridgehead atoms. The summed E-state index contributed by atoms with van der Waals surface area (Å²) in [6.45, 7) is 4.19. The van der Waals surface area contributed by atoms with Crippen LogP contribution in [0.4, 0.5) is 0 Å². The highest BCUT2D eigenvalue weighted by atomic mass is 16.7. The molecule has 10 heteroatoms. The number of carbonyl (C=O) groups is 3. The third-order valence-corrected chi connectivity index (χ3v) is 5.73. The van der Waals surface area contributed by atoms with Crippen molar-refractivity contribution in [2.45, 2.75) is 39.4 Å². The molecule has 0 fully saturated rings. The zero-order valence-electron chi connectivity index (χ0n) is 22.9. The molecule has 0 saturated heterocycles. The zero-order chi connectivity index (χ0) is 28.9. The van der Waals surface area contributed by atoms with E-state index in [0.29, 0.717) is 11.5 Å². The van der Waals surface area contributed by atoms with Gasteiger partial charge in [-0.05, 0) is 31.2 Å². The van der Waals surface area contributed by atoms with Crippen molar-refractivity contribution in [3.05, 3.63) is 78.6 Å². The summed E-state index contributed by atoms with van der Waals surface area (Å²) in [6, 6.07) is 19.8. The molecule has 0 aliphatic carbocycles. The van der Waals surface area contributed by atoms with E-state index in [1.54, 1.807) is 38.1 Å². The van der Waals surface area contributed by atoms with Gasteiger partial charge in [0, 0.05) is 25.6 Å². The minimum atomic E-state index is -0.829. The first-order valence-corrected chi connectivity index (χ1v) is 12.7. The van der Waals surface area contributed by atoms with E-state index < -0.39 is 42.6 Å². The number of aromatic nitrogens is 1. The maximum absolute atomic E-state index is 13.2. The topological polar surface area (TPSA) is 119 Å². The molecule has 212 valence electrons. The van der Waals surface area contributed by atoms with Crippen LogP contribution in [0.1, 0.15) is 37.7 Å². The third kappa shape index (κ3) is 9.00. The Bertz CT molecular complexity index is 1250. The van der Waals surface area contributed by atoms with Crippen molar-refractivity contribution in [1.82, 2.24) is 4.98 Å². The summed E-state index contributed by atoms with van der Waals surface area (Å²) < 4.78 is 33.2. The standard InChI is InChI=1S/C30H33NO9/c1-20(17-25(33)28-29(38-19-37-22(3)32)26(35-4)15-16-31-28)30(34)40-27(18-36-23-11-7-5-8-12-23)21(2)39-24-13-9-6-10-14-24/h5-16,20-21,27H,17-19H2,1-4H3/t20-,21+,27-/m1/s1. The normalized spacial score (nSPS) is 12.8. The molecule has 3 rings (SSSR count). The van der Waals surface area contributed by atoms with Gasteiger partial charge in [-0.3, -0.25) is 14.4 Å². The molecule has 0 saturated carbocycles. The van der Waals surface area contributed by atoms with Crippen LogP contribution >= 0.6 is 0 Å². The number of esters is 2. The first-order valence-electron chi connectivity index (χ1n) is 12.7. The van der Waals surface area contributed by atoms with Gasteiger partial charge < -0.3 is 28.4 Å². The lowest BCUT2D eigenvalue weighted by molar-refractivity contribution is -0.160. The molecule has 0 aliphatic heterocycles. The second-order valence-electron chi connectivity index (χ2n) is 8.85. The number of hydrogen-bond acceptors (Lipinski definition) is 10. The van der Waals surface area contributed by atoms with E-state index in [4.69, 9.17) is 28.4 Å². The van der Waals surface area contributed by atoms with Crippen molar-refractivity contribution < 1.29 is 42.8 Å². The predicted octanol–water partition coefficient (Wildman–Crippen LogP) is 4.66. The van der Waals surface area contributed by atoms with Crippen LogP contribution in [-0.4, -0.2) is 55.4 Å². The fraction of sp³-hybridized carbons (Fsp3) is 0.333. The number of nitrogens with zero attached hydrogens (tertiary/aromatic N) is 1. The van der Waals surface area contributed by atoms with E-state index in [1.165, 1.54) is 26.3 Å². The summed E-state index contributed by atoms with van der Waals surface area (Å²) >= 11 is 0. The van der Waals surface area contributed by atoms with Crippen LogP contribution in [0.2, 0.25) is 0 Å². The number of rotatable bonds is 15. The van der Waals surface area contributed by atoms with Crippen molar-refractivity contribution >= 4 is 17.7 Å². The molecule has 10 nitrogen and oxygen atoms in total. The summed E-state index contributed by atoms with van der Waals surface area (Å²) in [7, 11) is 1.40. The Hall–Kier alpha value is -4.60. The molecule has 0 unspecified atom stereocenters. The summed E-state index contributed by atoms with van der Waals surface area (Å²) in [5.41, 5.74) is -0.0594. The smallest absolute Gasteiger partial charge is 0.309 e. The molecule has 0 N–H and O–H groups in total. The van der Waals surface area contributed by atoms with E-state index in [-0.39, 0.29) is 30.2 Å². The summed E-state index contributed by atoms with van der Waals surface area (Å²) in [6.07, 6.45) is -0.168.